The van der Waals surface area contributed by atoms with Crippen molar-refractivity contribution in [2.24, 2.45) is 11.7 Å². The Hall–Kier alpha value is -2.62. The van der Waals surface area contributed by atoms with Gasteiger partial charge in [-0.1, -0.05) is 104 Å². The second-order valence-corrected chi connectivity index (χ2v) is 8.87. The Bertz CT molecular complexity index is 1000. The van der Waals surface area contributed by atoms with E-state index in [1.807, 2.05) is 85.8 Å². The van der Waals surface area contributed by atoms with Crippen LogP contribution in [0.4, 0.5) is 0 Å². The summed E-state index contributed by atoms with van der Waals surface area (Å²) in [7, 11) is 0. The van der Waals surface area contributed by atoms with Crippen LogP contribution in [0.2, 0.25) is 5.02 Å². The second-order valence-electron chi connectivity index (χ2n) is 8.46. The maximum absolute atomic E-state index is 13.2. The molecule has 1 unspecified atom stereocenters. The molecule has 0 aliphatic carbocycles. The Labute approximate surface area is 190 Å². The average molecular weight is 436 g/mol. The highest BCUT2D eigenvalue weighted by Gasteiger charge is 2.42. The van der Waals surface area contributed by atoms with E-state index in [1.165, 1.54) is 0 Å². The normalized spacial score (nSPS) is 14.1. The lowest BCUT2D eigenvalue weighted by molar-refractivity contribution is -0.154. The van der Waals surface area contributed by atoms with Crippen LogP contribution in [0.3, 0.4) is 0 Å². The van der Waals surface area contributed by atoms with E-state index in [-0.39, 0.29) is 18.4 Å². The van der Waals surface area contributed by atoms with Gasteiger partial charge in [-0.3, -0.25) is 4.79 Å². The van der Waals surface area contributed by atoms with Gasteiger partial charge in [0.15, 0.2) is 5.60 Å². The third-order valence-electron chi connectivity index (χ3n) is 5.36. The number of benzene rings is 3. The van der Waals surface area contributed by atoms with E-state index < -0.39 is 5.60 Å². The van der Waals surface area contributed by atoms with Crippen molar-refractivity contribution in [3.05, 3.63) is 106 Å². The standard InChI is InChI=1S/C27H30ClNO2/c1-19(2)17-23(29)18-26(30)31-27(21-9-5-4-6-10-21,22-15-13-20(3)14-16-22)24-11-7-8-12-25(24)28/h4-16,19,23H,17-18,29H2,1-3H3/t23-,27?/m1/s1. The molecule has 0 radical (unpaired) electrons. The molecule has 4 heteroatoms. The Kier molecular flexibility index (Phi) is 7.53. The molecule has 0 bridgehead atoms. The summed E-state index contributed by atoms with van der Waals surface area (Å²) < 4.78 is 6.37. The molecule has 2 N–H and O–H groups in total. The molecule has 0 amide bonds. The van der Waals surface area contributed by atoms with Crippen LogP contribution in [0.5, 0.6) is 0 Å². The Balaban J connectivity index is 2.17. The van der Waals surface area contributed by atoms with E-state index in [0.29, 0.717) is 10.9 Å². The molecular weight excluding hydrogens is 406 g/mol. The quantitative estimate of drug-likeness (QED) is 0.336. The molecule has 3 rings (SSSR count). The minimum absolute atomic E-state index is 0.142. The number of hydrogen-bond acceptors (Lipinski definition) is 3. The largest absolute Gasteiger partial charge is 0.444 e. The van der Waals surface area contributed by atoms with Crippen molar-refractivity contribution in [2.45, 2.75) is 45.3 Å². The van der Waals surface area contributed by atoms with Crippen LogP contribution in [0.15, 0.2) is 78.9 Å². The van der Waals surface area contributed by atoms with Gasteiger partial charge < -0.3 is 10.5 Å². The summed E-state index contributed by atoms with van der Waals surface area (Å²) >= 11 is 6.68. The van der Waals surface area contributed by atoms with E-state index in [0.717, 1.165) is 28.7 Å². The maximum Gasteiger partial charge on any atom is 0.308 e. The molecule has 0 aromatic heterocycles. The molecule has 31 heavy (non-hydrogen) atoms. The van der Waals surface area contributed by atoms with Gasteiger partial charge in [0, 0.05) is 27.8 Å². The zero-order valence-corrected chi connectivity index (χ0v) is 19.1. The van der Waals surface area contributed by atoms with Crippen LogP contribution in [0.1, 0.15) is 48.9 Å². The Morgan fingerprint density at radius 3 is 2.13 bits per heavy atom. The topological polar surface area (TPSA) is 52.3 Å². The van der Waals surface area contributed by atoms with Crippen LogP contribution in [0, 0.1) is 12.8 Å². The van der Waals surface area contributed by atoms with Gasteiger partial charge in [-0.05, 0) is 25.3 Å². The zero-order valence-electron chi connectivity index (χ0n) is 18.3. The lowest BCUT2D eigenvalue weighted by Gasteiger charge is -2.36. The maximum atomic E-state index is 13.2. The lowest BCUT2D eigenvalue weighted by Crippen LogP contribution is -2.37. The van der Waals surface area contributed by atoms with Crippen molar-refractivity contribution in [2.75, 3.05) is 0 Å². The highest BCUT2D eigenvalue weighted by Crippen LogP contribution is 2.43. The molecule has 0 fully saturated rings. The molecule has 3 nitrogen and oxygen atoms in total. The van der Waals surface area contributed by atoms with Crippen molar-refractivity contribution in [3.8, 4) is 0 Å². The van der Waals surface area contributed by atoms with E-state index in [9.17, 15) is 4.79 Å². The number of ether oxygens (including phenoxy) is 1. The van der Waals surface area contributed by atoms with Gasteiger partial charge >= 0.3 is 5.97 Å². The zero-order chi connectivity index (χ0) is 22.4. The molecule has 3 aromatic carbocycles. The van der Waals surface area contributed by atoms with Gasteiger partial charge in [0.1, 0.15) is 0 Å². The smallest absolute Gasteiger partial charge is 0.308 e. The number of carbonyl (C=O) groups excluding carboxylic acids is 1. The summed E-state index contributed by atoms with van der Waals surface area (Å²) in [6.07, 6.45) is 0.896. The summed E-state index contributed by atoms with van der Waals surface area (Å²) in [6.45, 7) is 6.21. The molecule has 0 aliphatic rings. The minimum atomic E-state index is -1.18. The lowest BCUT2D eigenvalue weighted by atomic mass is 9.79. The fourth-order valence-electron chi connectivity index (χ4n) is 3.97. The van der Waals surface area contributed by atoms with Crippen LogP contribution in [-0.2, 0) is 15.1 Å². The summed E-state index contributed by atoms with van der Waals surface area (Å²) in [4.78, 5) is 13.2. The highest BCUT2D eigenvalue weighted by molar-refractivity contribution is 6.31. The van der Waals surface area contributed by atoms with Crippen molar-refractivity contribution in [3.63, 3.8) is 0 Å². The number of hydrogen-bond donors (Lipinski definition) is 1. The number of carbonyl (C=O) groups is 1. The van der Waals surface area contributed by atoms with Crippen LogP contribution >= 0.6 is 11.6 Å². The first kappa shape index (κ1) is 23.1. The molecule has 3 aromatic rings. The minimum Gasteiger partial charge on any atom is -0.444 e. The van der Waals surface area contributed by atoms with Gasteiger partial charge in [-0.25, -0.2) is 0 Å². The van der Waals surface area contributed by atoms with E-state index >= 15 is 0 Å². The highest BCUT2D eigenvalue weighted by atomic mass is 35.5. The molecule has 0 heterocycles. The third-order valence-corrected chi connectivity index (χ3v) is 5.69. The number of nitrogens with two attached hydrogens (primary N) is 1. The molecule has 0 saturated heterocycles. The van der Waals surface area contributed by atoms with E-state index in [4.69, 9.17) is 22.1 Å². The fraction of sp³-hybridized carbons (Fsp3) is 0.296. The molecule has 0 spiro atoms. The van der Waals surface area contributed by atoms with E-state index in [2.05, 4.69) is 13.8 Å². The van der Waals surface area contributed by atoms with Crippen LogP contribution in [-0.4, -0.2) is 12.0 Å². The molecular formula is C27H30ClNO2. The first-order chi connectivity index (χ1) is 14.8. The fourth-order valence-corrected chi connectivity index (χ4v) is 4.24. The second kappa shape index (κ2) is 10.1. The third kappa shape index (κ3) is 5.36. The predicted molar refractivity (Wildman–Crippen MR) is 127 cm³/mol. The van der Waals surface area contributed by atoms with Crippen molar-refractivity contribution >= 4 is 17.6 Å². The SMILES string of the molecule is Cc1ccc(C(OC(=O)C[C@H](N)CC(C)C)(c2ccccc2)c2ccccc2Cl)cc1. The Morgan fingerprint density at radius 1 is 0.935 bits per heavy atom. The number of halogens is 1. The number of aryl methyl sites for hydroxylation is 1. The van der Waals surface area contributed by atoms with Crippen molar-refractivity contribution in [1.29, 1.82) is 0 Å². The average Bonchev–Trinajstić information content (AvgIpc) is 2.73. The van der Waals surface area contributed by atoms with Gasteiger partial charge in [-0.15, -0.1) is 0 Å². The summed E-state index contributed by atoms with van der Waals surface area (Å²) in [6, 6.07) is 25.0. The van der Waals surface area contributed by atoms with Crippen LogP contribution < -0.4 is 5.73 Å². The molecule has 2 atom stereocenters. The summed E-state index contributed by atoms with van der Waals surface area (Å²) in [5.41, 5.74) is 8.56. The first-order valence-electron chi connectivity index (χ1n) is 10.7. The molecule has 0 saturated carbocycles. The first-order valence-corrected chi connectivity index (χ1v) is 11.1. The number of esters is 1. The molecule has 0 aliphatic heterocycles. The monoisotopic (exact) mass is 435 g/mol. The number of rotatable bonds is 8. The summed E-state index contributed by atoms with van der Waals surface area (Å²) in [5.74, 6) is 0.0554. The van der Waals surface area contributed by atoms with E-state index in [1.54, 1.807) is 0 Å². The summed E-state index contributed by atoms with van der Waals surface area (Å²) in [5, 5.41) is 0.534. The molecule has 162 valence electrons. The van der Waals surface area contributed by atoms with Gasteiger partial charge in [0.2, 0.25) is 0 Å². The van der Waals surface area contributed by atoms with Gasteiger partial charge in [-0.2, -0.15) is 0 Å². The van der Waals surface area contributed by atoms with Crippen molar-refractivity contribution in [1.82, 2.24) is 0 Å². The van der Waals surface area contributed by atoms with Crippen molar-refractivity contribution < 1.29 is 9.53 Å². The predicted octanol–water partition coefficient (Wildman–Crippen LogP) is 6.25. The van der Waals surface area contributed by atoms with Gasteiger partial charge in [0.25, 0.3) is 0 Å². The Morgan fingerprint density at radius 2 is 1.52 bits per heavy atom. The van der Waals surface area contributed by atoms with Crippen LogP contribution in [0.25, 0.3) is 0 Å². The van der Waals surface area contributed by atoms with Gasteiger partial charge in [0.05, 0.1) is 6.42 Å².